The highest BCUT2D eigenvalue weighted by molar-refractivity contribution is 7.98. The number of benzene rings is 3. The molecule has 3 aromatic carbocycles. The Morgan fingerprint density at radius 3 is 2.65 bits per heavy atom. The number of carbonyl (C=O) groups is 1. The number of ether oxygens (including phenoxy) is 2. The van der Waals surface area contributed by atoms with Gasteiger partial charge in [0.25, 0.3) is 0 Å². The number of para-hydroxylation sites is 1. The minimum absolute atomic E-state index is 0.0189. The predicted octanol–water partition coefficient (Wildman–Crippen LogP) is 4.80. The molecule has 192 valence electrons. The lowest BCUT2D eigenvalue weighted by molar-refractivity contribution is -0.121. The van der Waals surface area contributed by atoms with Gasteiger partial charge in [-0.25, -0.2) is 0 Å². The summed E-state index contributed by atoms with van der Waals surface area (Å²) in [6, 6.07) is 23.3. The number of hydrogen-bond donors (Lipinski definition) is 2. The fourth-order valence-electron chi connectivity index (χ4n) is 3.93. The number of carbonyl (C=O) groups excluding carboxylic acids is 1. The standard InChI is InChI=1S/C28H31N5O3S/c1-35-24-12-6-11-23(17-24)33-26(31-32-28(33)37-19-20-8-5-10-22(29)16-20)14-7-15-27(34)30-18-21-9-3-4-13-25(21)36-2/h3-6,8-13,16-17H,7,14-15,18-19,29H2,1-2H3,(H,30,34). The van der Waals surface area contributed by atoms with Gasteiger partial charge in [-0.1, -0.05) is 48.2 Å². The molecule has 8 nitrogen and oxygen atoms in total. The third kappa shape index (κ3) is 7.04. The minimum atomic E-state index is -0.0189. The van der Waals surface area contributed by atoms with Gasteiger partial charge in [0, 0.05) is 42.5 Å². The molecule has 0 spiro atoms. The number of amides is 1. The quantitative estimate of drug-likeness (QED) is 0.205. The zero-order chi connectivity index (χ0) is 26.0. The first-order chi connectivity index (χ1) is 18.1. The van der Waals surface area contributed by atoms with Gasteiger partial charge in [-0.15, -0.1) is 10.2 Å². The highest BCUT2D eigenvalue weighted by Crippen LogP contribution is 2.28. The van der Waals surface area contributed by atoms with Gasteiger partial charge >= 0.3 is 0 Å². The van der Waals surface area contributed by atoms with Crippen LogP contribution in [0.2, 0.25) is 0 Å². The van der Waals surface area contributed by atoms with Gasteiger partial charge in [-0.3, -0.25) is 9.36 Å². The van der Waals surface area contributed by atoms with Crippen molar-refractivity contribution in [1.29, 1.82) is 0 Å². The maximum absolute atomic E-state index is 12.5. The van der Waals surface area contributed by atoms with Crippen LogP contribution in [0.3, 0.4) is 0 Å². The number of rotatable bonds is 12. The van der Waals surface area contributed by atoms with E-state index in [9.17, 15) is 4.79 Å². The number of nitrogens with two attached hydrogens (primary N) is 1. The molecule has 1 heterocycles. The Morgan fingerprint density at radius 2 is 1.84 bits per heavy atom. The Morgan fingerprint density at radius 1 is 1.00 bits per heavy atom. The molecule has 0 saturated carbocycles. The summed E-state index contributed by atoms with van der Waals surface area (Å²) in [5.74, 6) is 2.99. The van der Waals surface area contributed by atoms with Gasteiger partial charge in [-0.05, 0) is 42.3 Å². The number of hydrogen-bond acceptors (Lipinski definition) is 7. The molecule has 0 aliphatic carbocycles. The van der Waals surface area contributed by atoms with Crippen LogP contribution in [0.1, 0.15) is 29.8 Å². The average Bonchev–Trinajstić information content (AvgIpc) is 3.33. The fraction of sp³-hybridized carbons (Fsp3) is 0.250. The maximum atomic E-state index is 12.5. The summed E-state index contributed by atoms with van der Waals surface area (Å²) in [6.07, 6.45) is 1.62. The van der Waals surface area contributed by atoms with Crippen molar-refractivity contribution in [2.45, 2.75) is 36.7 Å². The van der Waals surface area contributed by atoms with E-state index in [1.54, 1.807) is 26.0 Å². The van der Waals surface area contributed by atoms with Crippen molar-refractivity contribution >= 4 is 23.4 Å². The van der Waals surface area contributed by atoms with Crippen molar-refractivity contribution in [2.24, 2.45) is 0 Å². The molecule has 0 unspecified atom stereocenters. The van der Waals surface area contributed by atoms with Crippen LogP contribution in [0.25, 0.3) is 5.69 Å². The van der Waals surface area contributed by atoms with Crippen LogP contribution in [0.5, 0.6) is 11.5 Å². The summed E-state index contributed by atoms with van der Waals surface area (Å²) in [5, 5.41) is 12.7. The van der Waals surface area contributed by atoms with E-state index < -0.39 is 0 Å². The van der Waals surface area contributed by atoms with Crippen LogP contribution in [0, 0.1) is 0 Å². The summed E-state index contributed by atoms with van der Waals surface area (Å²) < 4.78 is 12.8. The highest BCUT2D eigenvalue weighted by atomic mass is 32.2. The van der Waals surface area contributed by atoms with Crippen LogP contribution < -0.4 is 20.5 Å². The summed E-state index contributed by atoms with van der Waals surface area (Å²) in [5.41, 5.74) is 9.64. The normalized spacial score (nSPS) is 10.8. The molecule has 1 aromatic heterocycles. The van der Waals surface area contributed by atoms with Crippen molar-refractivity contribution in [2.75, 3.05) is 20.0 Å². The Balaban J connectivity index is 1.43. The maximum Gasteiger partial charge on any atom is 0.220 e. The van der Waals surface area contributed by atoms with E-state index >= 15 is 0 Å². The number of methoxy groups -OCH3 is 2. The van der Waals surface area contributed by atoms with Crippen LogP contribution in [0.4, 0.5) is 5.69 Å². The fourth-order valence-corrected chi connectivity index (χ4v) is 4.85. The van der Waals surface area contributed by atoms with E-state index in [0.717, 1.165) is 45.0 Å². The number of thioether (sulfide) groups is 1. The first kappa shape index (κ1) is 26.1. The molecule has 0 fully saturated rings. The topological polar surface area (TPSA) is 104 Å². The van der Waals surface area contributed by atoms with Gasteiger partial charge < -0.3 is 20.5 Å². The van der Waals surface area contributed by atoms with Crippen molar-refractivity contribution < 1.29 is 14.3 Å². The Kier molecular flexibility index (Phi) is 9.04. The summed E-state index contributed by atoms with van der Waals surface area (Å²) in [7, 11) is 3.27. The number of nitrogen functional groups attached to an aromatic ring is 1. The highest BCUT2D eigenvalue weighted by Gasteiger charge is 2.16. The molecule has 0 radical (unpaired) electrons. The van der Waals surface area contributed by atoms with Gasteiger partial charge in [0.1, 0.15) is 17.3 Å². The Bertz CT molecular complexity index is 1340. The predicted molar refractivity (Wildman–Crippen MR) is 146 cm³/mol. The second-order valence-electron chi connectivity index (χ2n) is 8.41. The van der Waals surface area contributed by atoms with Crippen LogP contribution in [-0.4, -0.2) is 34.9 Å². The Hall–Kier alpha value is -3.98. The van der Waals surface area contributed by atoms with Crippen LogP contribution in [-0.2, 0) is 23.5 Å². The molecular weight excluding hydrogens is 486 g/mol. The Labute approximate surface area is 221 Å². The van der Waals surface area contributed by atoms with E-state index in [1.165, 1.54) is 0 Å². The van der Waals surface area contributed by atoms with Crippen molar-refractivity contribution in [3.63, 3.8) is 0 Å². The molecule has 4 rings (SSSR count). The zero-order valence-corrected chi connectivity index (χ0v) is 21.8. The minimum Gasteiger partial charge on any atom is -0.497 e. The van der Waals surface area contributed by atoms with E-state index in [0.29, 0.717) is 31.6 Å². The lowest BCUT2D eigenvalue weighted by atomic mass is 10.2. The van der Waals surface area contributed by atoms with Gasteiger partial charge in [-0.2, -0.15) is 0 Å². The molecule has 9 heteroatoms. The number of anilines is 1. The van der Waals surface area contributed by atoms with Crippen LogP contribution >= 0.6 is 11.8 Å². The lowest BCUT2D eigenvalue weighted by Gasteiger charge is -2.12. The van der Waals surface area contributed by atoms with E-state index in [-0.39, 0.29) is 5.91 Å². The molecule has 0 atom stereocenters. The molecule has 4 aromatic rings. The molecule has 0 saturated heterocycles. The average molecular weight is 518 g/mol. The molecule has 1 amide bonds. The van der Waals surface area contributed by atoms with Crippen molar-refractivity contribution in [3.05, 3.63) is 89.7 Å². The van der Waals surface area contributed by atoms with Crippen molar-refractivity contribution in [3.8, 4) is 17.2 Å². The summed E-state index contributed by atoms with van der Waals surface area (Å²) in [6.45, 7) is 0.424. The van der Waals surface area contributed by atoms with Crippen molar-refractivity contribution in [1.82, 2.24) is 20.1 Å². The van der Waals surface area contributed by atoms with Gasteiger partial charge in [0.05, 0.1) is 19.9 Å². The number of nitrogens with zero attached hydrogens (tertiary/aromatic N) is 3. The third-order valence-corrected chi connectivity index (χ3v) is 6.80. The molecular formula is C28H31N5O3S. The van der Waals surface area contributed by atoms with Gasteiger partial charge in [0.2, 0.25) is 5.91 Å². The first-order valence-electron chi connectivity index (χ1n) is 12.0. The van der Waals surface area contributed by atoms with E-state index in [1.807, 2.05) is 77.4 Å². The first-order valence-corrected chi connectivity index (χ1v) is 13.0. The van der Waals surface area contributed by atoms with Gasteiger partial charge in [0.15, 0.2) is 5.16 Å². The van der Waals surface area contributed by atoms with Crippen LogP contribution in [0.15, 0.2) is 78.0 Å². The smallest absolute Gasteiger partial charge is 0.220 e. The largest absolute Gasteiger partial charge is 0.497 e. The molecule has 3 N–H and O–H groups in total. The monoisotopic (exact) mass is 517 g/mol. The number of nitrogens with one attached hydrogen (secondary N) is 1. The zero-order valence-electron chi connectivity index (χ0n) is 21.0. The molecule has 0 aliphatic heterocycles. The molecule has 37 heavy (non-hydrogen) atoms. The second-order valence-corrected chi connectivity index (χ2v) is 9.35. The second kappa shape index (κ2) is 12.8. The summed E-state index contributed by atoms with van der Waals surface area (Å²) in [4.78, 5) is 12.5. The number of aromatic nitrogens is 3. The molecule has 0 aliphatic rings. The number of aryl methyl sites for hydroxylation is 1. The lowest BCUT2D eigenvalue weighted by Crippen LogP contribution is -2.23. The molecule has 0 bridgehead atoms. The van der Waals surface area contributed by atoms with E-state index in [4.69, 9.17) is 15.2 Å². The third-order valence-electron chi connectivity index (χ3n) is 5.80. The summed E-state index contributed by atoms with van der Waals surface area (Å²) >= 11 is 1.59. The van der Waals surface area contributed by atoms with E-state index in [2.05, 4.69) is 15.5 Å². The SMILES string of the molecule is COc1cccc(-n2c(CCCC(=O)NCc3ccccc3OC)nnc2SCc2cccc(N)c2)c1.